The average Bonchev–Trinajstić information content (AvgIpc) is 2.33. The topological polar surface area (TPSA) is 58.9 Å². The molecule has 0 fully saturated rings. The number of aliphatic hydroxyl groups excluding tert-OH is 2. The number of rotatable bonds is 6. The summed E-state index contributed by atoms with van der Waals surface area (Å²) in [5.74, 6) is 0. The van der Waals surface area contributed by atoms with Crippen molar-refractivity contribution < 1.29 is 19.4 Å². The molecule has 0 radical (unpaired) electrons. The maximum absolute atomic E-state index is 9.96. The molecule has 2 N–H and O–H groups in total. The highest BCUT2D eigenvalue weighted by molar-refractivity contribution is 6.77. The van der Waals surface area contributed by atoms with E-state index in [4.69, 9.17) is 9.16 Å². The van der Waals surface area contributed by atoms with Crippen molar-refractivity contribution in [3.05, 3.63) is 12.3 Å². The smallest absolute Gasteiger partial charge is 0.200 e. The molecule has 0 saturated carbocycles. The van der Waals surface area contributed by atoms with E-state index in [0.29, 0.717) is 23.2 Å². The Morgan fingerprint density at radius 1 is 1.05 bits per heavy atom. The van der Waals surface area contributed by atoms with Crippen LogP contribution in [-0.4, -0.2) is 43.4 Å². The van der Waals surface area contributed by atoms with Gasteiger partial charge in [-0.15, -0.1) is 0 Å². The molecule has 1 aliphatic rings. The number of aliphatic hydroxyl groups is 2. The van der Waals surface area contributed by atoms with Gasteiger partial charge in [0.25, 0.3) is 0 Å². The molecule has 1 rings (SSSR count). The van der Waals surface area contributed by atoms with Crippen LogP contribution in [0.2, 0.25) is 16.6 Å². The van der Waals surface area contributed by atoms with Crippen LogP contribution in [0.3, 0.4) is 0 Å². The maximum atomic E-state index is 9.96. The zero-order valence-electron chi connectivity index (χ0n) is 13.5. The summed E-state index contributed by atoms with van der Waals surface area (Å²) in [6.45, 7) is 13.7. The Bertz CT molecular complexity index is 306. The van der Waals surface area contributed by atoms with Crippen molar-refractivity contribution in [3.63, 3.8) is 0 Å². The average molecular weight is 302 g/mol. The van der Waals surface area contributed by atoms with Gasteiger partial charge in [0.15, 0.2) is 0 Å². The predicted molar refractivity (Wildman–Crippen MR) is 83.0 cm³/mol. The zero-order valence-corrected chi connectivity index (χ0v) is 14.5. The quantitative estimate of drug-likeness (QED) is 0.741. The normalized spacial score (nSPS) is 27.4. The van der Waals surface area contributed by atoms with Gasteiger partial charge in [0, 0.05) is 0 Å². The summed E-state index contributed by atoms with van der Waals surface area (Å²) >= 11 is 0. The first-order chi connectivity index (χ1) is 9.23. The van der Waals surface area contributed by atoms with Gasteiger partial charge in [-0.2, -0.15) is 0 Å². The largest absolute Gasteiger partial charge is 0.493 e. The van der Waals surface area contributed by atoms with Crippen LogP contribution in [0.4, 0.5) is 0 Å². The van der Waals surface area contributed by atoms with Crippen molar-refractivity contribution in [2.45, 2.75) is 76.5 Å². The van der Waals surface area contributed by atoms with E-state index in [1.54, 1.807) is 0 Å². The van der Waals surface area contributed by atoms with Gasteiger partial charge in [-0.25, -0.2) is 0 Å². The van der Waals surface area contributed by atoms with Gasteiger partial charge in [0.2, 0.25) is 8.32 Å². The van der Waals surface area contributed by atoms with Gasteiger partial charge in [-0.1, -0.05) is 41.5 Å². The zero-order chi connectivity index (χ0) is 15.5. The maximum Gasteiger partial charge on any atom is 0.200 e. The molecule has 0 amide bonds. The second-order valence-electron chi connectivity index (χ2n) is 6.61. The number of ether oxygens (including phenoxy) is 1. The molecule has 0 aromatic heterocycles. The minimum atomic E-state index is -1.96. The van der Waals surface area contributed by atoms with Crippen molar-refractivity contribution in [3.8, 4) is 0 Å². The van der Waals surface area contributed by atoms with Gasteiger partial charge in [-0.3, -0.25) is 0 Å². The molecule has 0 saturated heterocycles. The van der Waals surface area contributed by atoms with Crippen LogP contribution in [0.25, 0.3) is 0 Å². The summed E-state index contributed by atoms with van der Waals surface area (Å²) in [6, 6.07) is 0. The van der Waals surface area contributed by atoms with E-state index in [9.17, 15) is 10.2 Å². The van der Waals surface area contributed by atoms with Crippen LogP contribution >= 0.6 is 0 Å². The van der Waals surface area contributed by atoms with E-state index in [0.717, 1.165) is 0 Å². The SMILES string of the molecule is CC(C)[Si](OC[C@@H]1OC=C[C@H](O)[C@H]1O)(C(C)C)C(C)C. The summed E-state index contributed by atoms with van der Waals surface area (Å²) in [6.07, 6.45) is 0.635. The molecule has 0 aliphatic carbocycles. The molecule has 0 spiro atoms. The highest BCUT2D eigenvalue weighted by atomic mass is 28.4. The molecule has 3 atom stereocenters. The molecule has 0 bridgehead atoms. The first kappa shape index (κ1) is 17.7. The van der Waals surface area contributed by atoms with E-state index in [2.05, 4.69) is 41.5 Å². The van der Waals surface area contributed by atoms with Crippen molar-refractivity contribution in [1.29, 1.82) is 0 Å². The lowest BCUT2D eigenvalue weighted by Crippen LogP contribution is -2.51. The lowest BCUT2D eigenvalue weighted by Gasteiger charge is -2.43. The lowest BCUT2D eigenvalue weighted by atomic mass is 10.1. The van der Waals surface area contributed by atoms with Crippen molar-refractivity contribution in [1.82, 2.24) is 0 Å². The van der Waals surface area contributed by atoms with Gasteiger partial charge in [-0.05, 0) is 22.7 Å². The molecule has 20 heavy (non-hydrogen) atoms. The Kier molecular flexibility index (Phi) is 6.25. The third-order valence-corrected chi connectivity index (χ3v) is 10.5. The highest BCUT2D eigenvalue weighted by Gasteiger charge is 2.46. The Labute approximate surface area is 123 Å². The second-order valence-corrected chi connectivity index (χ2v) is 12.1. The minimum Gasteiger partial charge on any atom is -0.493 e. The molecule has 5 heteroatoms. The van der Waals surface area contributed by atoms with Crippen LogP contribution in [0.5, 0.6) is 0 Å². The molecular weight excluding hydrogens is 272 g/mol. The molecular formula is C15H30O4Si. The monoisotopic (exact) mass is 302 g/mol. The summed E-state index contributed by atoms with van der Waals surface area (Å²) in [7, 11) is -1.96. The third kappa shape index (κ3) is 3.45. The van der Waals surface area contributed by atoms with Crippen molar-refractivity contribution in [2.24, 2.45) is 0 Å². The van der Waals surface area contributed by atoms with Crippen LogP contribution in [0, 0.1) is 0 Å². The Morgan fingerprint density at radius 2 is 1.55 bits per heavy atom. The summed E-state index contributed by atoms with van der Waals surface area (Å²) in [4.78, 5) is 0. The molecule has 1 heterocycles. The highest BCUT2D eigenvalue weighted by Crippen LogP contribution is 2.42. The molecule has 0 aromatic rings. The van der Waals surface area contributed by atoms with Crippen LogP contribution in [0.15, 0.2) is 12.3 Å². The summed E-state index contributed by atoms with van der Waals surface area (Å²) in [5, 5.41) is 19.6. The van der Waals surface area contributed by atoms with Gasteiger partial charge in [0.05, 0.1) is 12.9 Å². The Balaban J connectivity index is 2.79. The summed E-state index contributed by atoms with van der Waals surface area (Å²) in [5.41, 5.74) is 1.47. The van der Waals surface area contributed by atoms with E-state index in [1.165, 1.54) is 12.3 Å². The van der Waals surface area contributed by atoms with Crippen molar-refractivity contribution in [2.75, 3.05) is 6.61 Å². The molecule has 118 valence electrons. The molecule has 0 aromatic carbocycles. The van der Waals surface area contributed by atoms with E-state index in [-0.39, 0.29) is 0 Å². The summed E-state index contributed by atoms with van der Waals surface area (Å²) < 4.78 is 11.8. The third-order valence-electron chi connectivity index (χ3n) is 4.46. The molecule has 4 nitrogen and oxygen atoms in total. The first-order valence-corrected chi connectivity index (χ1v) is 9.69. The predicted octanol–water partition coefficient (Wildman–Crippen LogP) is 2.81. The van der Waals surface area contributed by atoms with Crippen molar-refractivity contribution >= 4 is 8.32 Å². The van der Waals surface area contributed by atoms with Crippen LogP contribution in [0.1, 0.15) is 41.5 Å². The molecule has 1 aliphatic heterocycles. The first-order valence-electron chi connectivity index (χ1n) is 7.55. The second kappa shape index (κ2) is 7.07. The standard InChI is InChI=1S/C15H30O4Si/c1-10(2)20(11(3)4,12(5)6)19-9-14-15(17)13(16)7-8-18-14/h7-8,10-17H,9H2,1-6H3/t13-,14-,15+/m0/s1. The minimum absolute atomic E-state index is 0.337. The van der Waals surface area contributed by atoms with Gasteiger partial charge >= 0.3 is 0 Å². The fourth-order valence-electron chi connectivity index (χ4n) is 3.51. The number of hydrogen-bond acceptors (Lipinski definition) is 4. The van der Waals surface area contributed by atoms with Gasteiger partial charge in [0.1, 0.15) is 18.3 Å². The Morgan fingerprint density at radius 3 is 2.00 bits per heavy atom. The van der Waals surface area contributed by atoms with Crippen LogP contribution in [-0.2, 0) is 9.16 Å². The van der Waals surface area contributed by atoms with E-state index < -0.39 is 26.6 Å². The lowest BCUT2D eigenvalue weighted by molar-refractivity contribution is -0.0792. The fourth-order valence-corrected chi connectivity index (χ4v) is 8.96. The van der Waals surface area contributed by atoms with Gasteiger partial charge < -0.3 is 19.4 Å². The van der Waals surface area contributed by atoms with Crippen LogP contribution < -0.4 is 0 Å². The Hall–Kier alpha value is -0.363. The molecule has 0 unspecified atom stereocenters. The van der Waals surface area contributed by atoms with E-state index >= 15 is 0 Å². The fraction of sp³-hybridized carbons (Fsp3) is 0.867. The number of hydrogen-bond donors (Lipinski definition) is 2. The van der Waals surface area contributed by atoms with E-state index in [1.807, 2.05) is 0 Å².